The Kier molecular flexibility index (Phi) is 5.96. The van der Waals surface area contributed by atoms with Crippen molar-refractivity contribution in [2.75, 3.05) is 18.9 Å². The van der Waals surface area contributed by atoms with Crippen LogP contribution in [0.1, 0.15) is 25.8 Å². The average Bonchev–Trinajstić information content (AvgIpc) is 2.43. The summed E-state index contributed by atoms with van der Waals surface area (Å²) >= 11 is 0. The van der Waals surface area contributed by atoms with Crippen LogP contribution in [0, 0.1) is 5.92 Å². The lowest BCUT2D eigenvalue weighted by molar-refractivity contribution is -0.142. The number of carbonyl (C=O) groups is 2. The molecule has 0 spiro atoms. The van der Waals surface area contributed by atoms with Gasteiger partial charge >= 0.3 is 18.0 Å². The minimum absolute atomic E-state index is 0.142. The lowest BCUT2D eigenvalue weighted by atomic mass is 10.1. The zero-order valence-corrected chi connectivity index (χ0v) is 12.7. The molecule has 0 atom stereocenters. The third-order valence-electron chi connectivity index (χ3n) is 3.05. The summed E-state index contributed by atoms with van der Waals surface area (Å²) in [6.45, 7) is 4.44. The predicted molar refractivity (Wildman–Crippen MR) is 77.2 cm³/mol. The van der Waals surface area contributed by atoms with Gasteiger partial charge in [0.2, 0.25) is 0 Å². The Balaban J connectivity index is 2.62. The molecule has 7 heteroatoms. The quantitative estimate of drug-likeness (QED) is 0.868. The molecule has 0 unspecified atom stereocenters. The Hall–Kier alpha value is -2.05. The molecule has 1 N–H and O–H groups in total. The number of halogens is 3. The Bertz CT molecular complexity index is 525. The van der Waals surface area contributed by atoms with Gasteiger partial charge in [0.1, 0.15) is 0 Å². The van der Waals surface area contributed by atoms with E-state index >= 15 is 0 Å². The van der Waals surface area contributed by atoms with Crippen LogP contribution in [-0.2, 0) is 15.8 Å². The molecule has 2 amide bonds. The summed E-state index contributed by atoms with van der Waals surface area (Å²) in [4.78, 5) is 24.9. The smallest absolute Gasteiger partial charge is 0.337 e. The molecule has 0 saturated heterocycles. The number of amides is 2. The molecule has 0 bridgehead atoms. The van der Waals surface area contributed by atoms with E-state index in [1.165, 1.54) is 11.9 Å². The second kappa shape index (κ2) is 7.29. The van der Waals surface area contributed by atoms with Crippen LogP contribution in [0.25, 0.3) is 0 Å². The summed E-state index contributed by atoms with van der Waals surface area (Å²) in [5, 5.41) is 2.29. The molecule has 22 heavy (non-hydrogen) atoms. The highest BCUT2D eigenvalue weighted by Gasteiger charge is 2.30. The predicted octanol–water partition coefficient (Wildman–Crippen LogP) is 3.15. The first kappa shape index (κ1) is 18.0. The normalized spacial score (nSPS) is 11.4. The number of hydrogen-bond donors (Lipinski definition) is 1. The van der Waals surface area contributed by atoms with E-state index in [4.69, 9.17) is 0 Å². The second-order valence-electron chi connectivity index (χ2n) is 5.44. The molecule has 0 aliphatic heterocycles. The summed E-state index contributed by atoms with van der Waals surface area (Å²) in [5.41, 5.74) is -0.672. The monoisotopic (exact) mass is 316 g/mol. The van der Waals surface area contributed by atoms with Crippen LogP contribution in [0.5, 0.6) is 0 Å². The summed E-state index contributed by atoms with van der Waals surface area (Å²) in [6.07, 6.45) is -3.68. The highest BCUT2D eigenvalue weighted by Crippen LogP contribution is 2.29. The SMILES string of the molecule is CC(C)CCN(C)C(=O)C(=O)Nc1ccc(C(F)(F)F)cc1. The third kappa shape index (κ3) is 5.38. The maximum absolute atomic E-state index is 12.4. The fourth-order valence-electron chi connectivity index (χ4n) is 1.65. The van der Waals surface area contributed by atoms with Crippen molar-refractivity contribution >= 4 is 17.5 Å². The molecule has 0 aromatic heterocycles. The minimum atomic E-state index is -4.44. The van der Waals surface area contributed by atoms with Crippen molar-refractivity contribution in [1.82, 2.24) is 4.90 Å². The first-order valence-electron chi connectivity index (χ1n) is 6.85. The van der Waals surface area contributed by atoms with Crippen molar-refractivity contribution in [1.29, 1.82) is 0 Å². The van der Waals surface area contributed by atoms with Gasteiger partial charge in [-0.05, 0) is 36.6 Å². The number of benzene rings is 1. The van der Waals surface area contributed by atoms with E-state index in [1.807, 2.05) is 13.8 Å². The number of nitrogens with one attached hydrogen (secondary N) is 1. The first-order chi connectivity index (χ1) is 10.1. The lowest BCUT2D eigenvalue weighted by Crippen LogP contribution is -2.37. The molecule has 0 saturated carbocycles. The number of likely N-dealkylation sites (N-methyl/N-ethyl adjacent to an activating group) is 1. The van der Waals surface area contributed by atoms with Crippen LogP contribution in [0.4, 0.5) is 18.9 Å². The van der Waals surface area contributed by atoms with Gasteiger partial charge in [0.25, 0.3) is 0 Å². The molecule has 1 aromatic rings. The van der Waals surface area contributed by atoms with Gasteiger partial charge in [-0.15, -0.1) is 0 Å². The number of hydrogen-bond acceptors (Lipinski definition) is 2. The number of nitrogens with zero attached hydrogens (tertiary/aromatic N) is 1. The van der Waals surface area contributed by atoms with Crippen LogP contribution in [-0.4, -0.2) is 30.3 Å². The van der Waals surface area contributed by atoms with E-state index in [9.17, 15) is 22.8 Å². The molecule has 4 nitrogen and oxygen atoms in total. The number of alkyl halides is 3. The van der Waals surface area contributed by atoms with Gasteiger partial charge in [0, 0.05) is 19.3 Å². The zero-order valence-electron chi connectivity index (χ0n) is 12.7. The molecule has 122 valence electrons. The molecule has 0 aliphatic rings. The third-order valence-corrected chi connectivity index (χ3v) is 3.05. The van der Waals surface area contributed by atoms with Gasteiger partial charge in [-0.1, -0.05) is 13.8 Å². The average molecular weight is 316 g/mol. The minimum Gasteiger partial charge on any atom is -0.337 e. The summed E-state index contributed by atoms with van der Waals surface area (Å²) in [7, 11) is 1.51. The molecule has 1 rings (SSSR count). The van der Waals surface area contributed by atoms with Crippen molar-refractivity contribution in [3.05, 3.63) is 29.8 Å². The Morgan fingerprint density at radius 3 is 2.18 bits per heavy atom. The van der Waals surface area contributed by atoms with Crippen LogP contribution in [0.3, 0.4) is 0 Å². The largest absolute Gasteiger partial charge is 0.416 e. The van der Waals surface area contributed by atoms with Gasteiger partial charge in [0.15, 0.2) is 0 Å². The Morgan fingerprint density at radius 1 is 1.18 bits per heavy atom. The van der Waals surface area contributed by atoms with Gasteiger partial charge < -0.3 is 10.2 Å². The molecule has 0 heterocycles. The van der Waals surface area contributed by atoms with Crippen molar-refractivity contribution in [2.24, 2.45) is 5.92 Å². The summed E-state index contributed by atoms with van der Waals surface area (Å²) < 4.78 is 37.3. The highest BCUT2D eigenvalue weighted by atomic mass is 19.4. The van der Waals surface area contributed by atoms with Crippen LogP contribution >= 0.6 is 0 Å². The van der Waals surface area contributed by atoms with Gasteiger partial charge in [0.05, 0.1) is 5.56 Å². The van der Waals surface area contributed by atoms with Crippen molar-refractivity contribution in [3.63, 3.8) is 0 Å². The second-order valence-corrected chi connectivity index (χ2v) is 5.44. The number of anilines is 1. The maximum Gasteiger partial charge on any atom is 0.416 e. The maximum atomic E-state index is 12.4. The topological polar surface area (TPSA) is 49.4 Å². The van der Waals surface area contributed by atoms with E-state index < -0.39 is 23.6 Å². The van der Waals surface area contributed by atoms with Crippen molar-refractivity contribution < 1.29 is 22.8 Å². The molecule has 1 aromatic carbocycles. The lowest BCUT2D eigenvalue weighted by Gasteiger charge is -2.17. The van der Waals surface area contributed by atoms with Gasteiger partial charge in [-0.2, -0.15) is 13.2 Å². The van der Waals surface area contributed by atoms with E-state index in [0.717, 1.165) is 30.7 Å². The highest BCUT2D eigenvalue weighted by molar-refractivity contribution is 6.39. The molecule has 0 fully saturated rings. The molecule has 0 radical (unpaired) electrons. The van der Waals surface area contributed by atoms with Crippen LogP contribution in [0.2, 0.25) is 0 Å². The fraction of sp³-hybridized carbons (Fsp3) is 0.467. The van der Waals surface area contributed by atoms with Crippen molar-refractivity contribution in [2.45, 2.75) is 26.4 Å². The Morgan fingerprint density at radius 2 is 1.73 bits per heavy atom. The van der Waals surface area contributed by atoms with Crippen molar-refractivity contribution in [3.8, 4) is 0 Å². The van der Waals surface area contributed by atoms with E-state index in [2.05, 4.69) is 5.32 Å². The standard InChI is InChI=1S/C15H19F3N2O2/c1-10(2)8-9-20(3)14(22)13(21)19-12-6-4-11(5-7-12)15(16,17)18/h4-7,10H,8-9H2,1-3H3,(H,19,21). The number of carbonyl (C=O) groups excluding carboxylic acids is 2. The van der Waals surface area contributed by atoms with E-state index in [0.29, 0.717) is 12.5 Å². The van der Waals surface area contributed by atoms with E-state index in [1.54, 1.807) is 0 Å². The molecule has 0 aliphatic carbocycles. The van der Waals surface area contributed by atoms with Gasteiger partial charge in [-0.3, -0.25) is 9.59 Å². The van der Waals surface area contributed by atoms with Crippen LogP contribution in [0.15, 0.2) is 24.3 Å². The van der Waals surface area contributed by atoms with Gasteiger partial charge in [-0.25, -0.2) is 0 Å². The molecular formula is C15H19F3N2O2. The fourth-order valence-corrected chi connectivity index (χ4v) is 1.65. The zero-order chi connectivity index (χ0) is 16.9. The first-order valence-corrected chi connectivity index (χ1v) is 6.85. The number of rotatable bonds is 4. The summed E-state index contributed by atoms with van der Waals surface area (Å²) in [5.74, 6) is -1.19. The molecular weight excluding hydrogens is 297 g/mol. The Labute approximate surface area is 127 Å². The van der Waals surface area contributed by atoms with E-state index in [-0.39, 0.29) is 5.69 Å². The summed E-state index contributed by atoms with van der Waals surface area (Å²) in [6, 6.07) is 3.93. The van der Waals surface area contributed by atoms with Crippen LogP contribution < -0.4 is 5.32 Å².